The van der Waals surface area contributed by atoms with Crippen LogP contribution >= 0.6 is 0 Å². The number of hydrogen-bond donors (Lipinski definition) is 1. The summed E-state index contributed by atoms with van der Waals surface area (Å²) < 4.78 is 0. The van der Waals surface area contributed by atoms with Gasteiger partial charge in [-0.05, 0) is 34.3 Å². The third kappa shape index (κ3) is 3.30. The average molecular weight is 312 g/mol. The molecule has 0 saturated heterocycles. The highest BCUT2D eigenvalue weighted by Crippen LogP contribution is 2.59. The highest BCUT2D eigenvalue weighted by Gasteiger charge is 2.50. The fourth-order valence-corrected chi connectivity index (χ4v) is 3.62. The zero-order valence-electron chi connectivity index (χ0n) is 15.4. The number of hydrogen-bond acceptors (Lipinski definition) is 1. The Morgan fingerprint density at radius 2 is 2.04 bits per heavy atom. The van der Waals surface area contributed by atoms with E-state index >= 15 is 0 Å². The fourth-order valence-electron chi connectivity index (χ4n) is 3.62. The molecule has 23 heavy (non-hydrogen) atoms. The van der Waals surface area contributed by atoms with E-state index in [-0.39, 0.29) is 17.9 Å². The van der Waals surface area contributed by atoms with Gasteiger partial charge in [0.25, 0.3) is 0 Å². The first kappa shape index (κ1) is 18.0. The number of allylic oxidation sites excluding steroid dienone is 7. The van der Waals surface area contributed by atoms with Gasteiger partial charge in [-0.3, -0.25) is 0 Å². The zero-order chi connectivity index (χ0) is 17.4. The maximum Gasteiger partial charge on any atom is 0.0499 e. The van der Waals surface area contributed by atoms with E-state index in [1.165, 1.54) is 11.1 Å². The van der Waals surface area contributed by atoms with E-state index in [9.17, 15) is 5.11 Å². The molecule has 1 nitrogen and oxygen atoms in total. The van der Waals surface area contributed by atoms with Crippen LogP contribution in [0, 0.1) is 28.6 Å². The van der Waals surface area contributed by atoms with Crippen molar-refractivity contribution in [2.45, 2.75) is 41.0 Å². The molecule has 0 aliphatic heterocycles. The molecule has 2 aliphatic rings. The molecular formula is C22H32O. The minimum Gasteiger partial charge on any atom is -0.396 e. The van der Waals surface area contributed by atoms with Gasteiger partial charge in [-0.25, -0.2) is 0 Å². The zero-order valence-corrected chi connectivity index (χ0v) is 15.4. The highest BCUT2D eigenvalue weighted by atomic mass is 16.3. The number of rotatable bonds is 7. The molecule has 1 fully saturated rings. The van der Waals surface area contributed by atoms with Crippen LogP contribution < -0.4 is 0 Å². The third-order valence-corrected chi connectivity index (χ3v) is 6.35. The summed E-state index contributed by atoms with van der Waals surface area (Å²) in [7, 11) is 0. The molecule has 2 rings (SSSR count). The predicted molar refractivity (Wildman–Crippen MR) is 100 cm³/mol. The van der Waals surface area contributed by atoms with Crippen molar-refractivity contribution in [3.63, 3.8) is 0 Å². The number of aliphatic hydroxyl groups is 1. The van der Waals surface area contributed by atoms with Gasteiger partial charge < -0.3 is 5.11 Å². The Hall–Kier alpha value is -1.34. The van der Waals surface area contributed by atoms with Crippen molar-refractivity contribution >= 4 is 0 Å². The quantitative estimate of drug-likeness (QED) is 0.618. The van der Waals surface area contributed by atoms with Crippen molar-refractivity contribution in [3.8, 4) is 0 Å². The van der Waals surface area contributed by atoms with Gasteiger partial charge in [-0.15, -0.1) is 0 Å². The lowest BCUT2D eigenvalue weighted by Gasteiger charge is -2.35. The summed E-state index contributed by atoms with van der Waals surface area (Å²) in [4.78, 5) is 0. The van der Waals surface area contributed by atoms with Crippen molar-refractivity contribution in [2.24, 2.45) is 28.6 Å². The smallest absolute Gasteiger partial charge is 0.0499 e. The van der Waals surface area contributed by atoms with E-state index in [2.05, 4.69) is 72.1 Å². The predicted octanol–water partition coefficient (Wildman–Crippen LogP) is 5.47. The van der Waals surface area contributed by atoms with Gasteiger partial charge in [-0.1, -0.05) is 83.7 Å². The van der Waals surface area contributed by atoms with E-state index in [0.29, 0.717) is 17.3 Å². The summed E-state index contributed by atoms with van der Waals surface area (Å²) in [6.45, 7) is 19.5. The molecule has 0 bridgehead atoms. The summed E-state index contributed by atoms with van der Waals surface area (Å²) in [6.07, 6.45) is 11.8. The Bertz CT molecular complexity index is 583. The van der Waals surface area contributed by atoms with Gasteiger partial charge in [0.2, 0.25) is 0 Å². The third-order valence-electron chi connectivity index (χ3n) is 6.35. The van der Waals surface area contributed by atoms with Crippen LogP contribution in [0.1, 0.15) is 41.0 Å². The summed E-state index contributed by atoms with van der Waals surface area (Å²) in [5.74, 6) is 1.17. The second-order valence-corrected chi connectivity index (χ2v) is 8.31. The normalized spacial score (nSPS) is 24.7. The molecule has 0 spiro atoms. The molecule has 0 aromatic carbocycles. The summed E-state index contributed by atoms with van der Waals surface area (Å²) >= 11 is 0. The minimum atomic E-state index is -0.00717. The lowest BCUT2D eigenvalue weighted by molar-refractivity contribution is 0.189. The van der Waals surface area contributed by atoms with Gasteiger partial charge in [0.05, 0.1) is 0 Å². The van der Waals surface area contributed by atoms with Crippen molar-refractivity contribution in [1.29, 1.82) is 0 Å². The Morgan fingerprint density at radius 1 is 1.39 bits per heavy atom. The maximum absolute atomic E-state index is 9.92. The molecule has 1 N–H and O–H groups in total. The molecule has 2 aliphatic carbocycles. The molecule has 0 heterocycles. The molecule has 126 valence electrons. The van der Waals surface area contributed by atoms with E-state index in [1.54, 1.807) is 0 Å². The van der Waals surface area contributed by atoms with Gasteiger partial charge in [0.15, 0.2) is 0 Å². The summed E-state index contributed by atoms with van der Waals surface area (Å²) in [5.41, 5.74) is 4.14. The lowest BCUT2D eigenvalue weighted by Crippen LogP contribution is -2.26. The first-order valence-electron chi connectivity index (χ1n) is 8.69. The van der Waals surface area contributed by atoms with Crippen LogP contribution in [-0.2, 0) is 0 Å². The van der Waals surface area contributed by atoms with E-state index in [0.717, 1.165) is 12.0 Å². The van der Waals surface area contributed by atoms with E-state index in [4.69, 9.17) is 0 Å². The van der Waals surface area contributed by atoms with Crippen LogP contribution in [0.3, 0.4) is 0 Å². The second kappa shape index (κ2) is 6.28. The highest BCUT2D eigenvalue weighted by molar-refractivity contribution is 5.48. The largest absolute Gasteiger partial charge is 0.396 e. The van der Waals surface area contributed by atoms with Gasteiger partial charge in [0, 0.05) is 18.4 Å². The van der Waals surface area contributed by atoms with Crippen LogP contribution in [0.4, 0.5) is 0 Å². The fraction of sp³-hybridized carbons (Fsp3) is 0.545. The van der Waals surface area contributed by atoms with Crippen LogP contribution in [0.5, 0.6) is 0 Å². The molecule has 3 unspecified atom stereocenters. The van der Waals surface area contributed by atoms with Crippen LogP contribution in [-0.4, -0.2) is 11.7 Å². The SMILES string of the molecule is C=CC(=C)C(C)(C)C(C)CC(CO)C1=CC=C2C(C=C1)C2(C)C. The van der Waals surface area contributed by atoms with E-state index in [1.807, 2.05) is 6.08 Å². The second-order valence-electron chi connectivity index (χ2n) is 8.31. The summed E-state index contributed by atoms with van der Waals surface area (Å²) in [5, 5.41) is 9.92. The Morgan fingerprint density at radius 3 is 2.61 bits per heavy atom. The van der Waals surface area contributed by atoms with Crippen LogP contribution in [0.15, 0.2) is 60.3 Å². The standard InChI is InChI=1S/C22H32O/c1-8-15(2)21(4,5)16(3)13-18(14-23)17-9-11-19-20(12-10-17)22(19,6)7/h8-12,16,18-19,23H,1-2,13-14H2,3-7H3. The lowest BCUT2D eigenvalue weighted by atomic mass is 9.70. The molecule has 3 atom stereocenters. The maximum atomic E-state index is 9.92. The molecule has 0 amide bonds. The van der Waals surface area contributed by atoms with Crippen LogP contribution in [0.2, 0.25) is 0 Å². The number of aliphatic hydroxyl groups excluding tert-OH is 1. The first-order valence-corrected chi connectivity index (χ1v) is 8.69. The topological polar surface area (TPSA) is 20.2 Å². The Labute approximate surface area is 142 Å². The molecule has 0 radical (unpaired) electrons. The first-order chi connectivity index (χ1) is 10.7. The Kier molecular flexibility index (Phi) is 4.92. The Balaban J connectivity index is 2.13. The minimum absolute atomic E-state index is 0.00717. The van der Waals surface area contributed by atoms with Gasteiger partial charge >= 0.3 is 0 Å². The van der Waals surface area contributed by atoms with Crippen molar-refractivity contribution in [3.05, 3.63) is 60.3 Å². The van der Waals surface area contributed by atoms with Gasteiger partial charge in [0.1, 0.15) is 0 Å². The van der Waals surface area contributed by atoms with Crippen molar-refractivity contribution in [2.75, 3.05) is 6.61 Å². The summed E-state index contributed by atoms with van der Waals surface area (Å²) in [6, 6.07) is 0. The van der Waals surface area contributed by atoms with Crippen molar-refractivity contribution in [1.82, 2.24) is 0 Å². The molecule has 0 aromatic heterocycles. The average Bonchev–Trinajstić information content (AvgIpc) is 3.12. The molecule has 0 aromatic rings. The van der Waals surface area contributed by atoms with E-state index < -0.39 is 0 Å². The number of fused-ring (bicyclic) bond motifs is 1. The molecular weight excluding hydrogens is 280 g/mol. The monoisotopic (exact) mass is 312 g/mol. The van der Waals surface area contributed by atoms with Crippen molar-refractivity contribution < 1.29 is 5.11 Å². The molecule has 1 saturated carbocycles. The molecule has 1 heteroatoms. The van der Waals surface area contributed by atoms with Crippen LogP contribution in [0.25, 0.3) is 0 Å². The van der Waals surface area contributed by atoms with Gasteiger partial charge in [-0.2, -0.15) is 0 Å².